The topological polar surface area (TPSA) is 30.9 Å². The lowest BCUT2D eigenvalue weighted by molar-refractivity contribution is 1.11. The Morgan fingerprint density at radius 3 is 1.53 bits per heavy atom. The Morgan fingerprint density at radius 1 is 0.431 bits per heavy atom. The van der Waals surface area contributed by atoms with E-state index in [2.05, 4.69) is 187 Å². The molecule has 0 spiro atoms. The van der Waals surface area contributed by atoms with Crippen LogP contribution in [0.1, 0.15) is 12.6 Å². The molecule has 1 heterocycles. The fraction of sp³-hybridized carbons (Fsp3) is 0.0204. The van der Waals surface area contributed by atoms with Crippen LogP contribution in [-0.4, -0.2) is 4.57 Å². The molecule has 242 valence electrons. The summed E-state index contributed by atoms with van der Waals surface area (Å²) in [5.74, 6) is 0. The number of nitrogens with zero attached hydrogens (tertiary/aromatic N) is 1. The number of nitrogens with two attached hydrogens (primary N) is 1. The van der Waals surface area contributed by atoms with Crippen LogP contribution in [0.2, 0.25) is 0 Å². The number of benzene rings is 8. The van der Waals surface area contributed by atoms with E-state index in [0.717, 1.165) is 33.5 Å². The first-order valence-electron chi connectivity index (χ1n) is 17.5. The van der Waals surface area contributed by atoms with Gasteiger partial charge in [-0.2, -0.15) is 0 Å². The predicted molar refractivity (Wildman–Crippen MR) is 219 cm³/mol. The van der Waals surface area contributed by atoms with Gasteiger partial charge < -0.3 is 10.3 Å². The molecule has 2 nitrogen and oxygen atoms in total. The smallest absolute Gasteiger partial charge is 0.0695 e. The Labute approximate surface area is 298 Å². The summed E-state index contributed by atoms with van der Waals surface area (Å²) < 4.78 is 2.25. The molecular weight excluding hydrogens is 617 g/mol. The fourth-order valence-electron chi connectivity index (χ4n) is 7.84. The summed E-state index contributed by atoms with van der Waals surface area (Å²) >= 11 is 0. The van der Waals surface area contributed by atoms with E-state index in [1.54, 1.807) is 0 Å². The summed E-state index contributed by atoms with van der Waals surface area (Å²) in [6.45, 7) is 2.03. The molecule has 9 rings (SSSR count). The van der Waals surface area contributed by atoms with Gasteiger partial charge in [0.2, 0.25) is 0 Å². The second-order valence-electron chi connectivity index (χ2n) is 13.0. The van der Waals surface area contributed by atoms with Gasteiger partial charge in [-0.05, 0) is 109 Å². The van der Waals surface area contributed by atoms with Gasteiger partial charge in [0, 0.05) is 11.1 Å². The van der Waals surface area contributed by atoms with Gasteiger partial charge in [0.15, 0.2) is 0 Å². The Balaban J connectivity index is 1.29. The summed E-state index contributed by atoms with van der Waals surface area (Å²) in [6, 6.07) is 63.4. The van der Waals surface area contributed by atoms with Crippen LogP contribution in [0.25, 0.3) is 88.7 Å². The molecule has 2 N–H and O–H groups in total. The van der Waals surface area contributed by atoms with Gasteiger partial charge in [0.25, 0.3) is 0 Å². The van der Waals surface area contributed by atoms with Gasteiger partial charge >= 0.3 is 0 Å². The molecule has 0 bridgehead atoms. The first-order chi connectivity index (χ1) is 25.2. The van der Waals surface area contributed by atoms with Gasteiger partial charge in [0.05, 0.1) is 16.9 Å². The quantitative estimate of drug-likeness (QED) is 0.178. The van der Waals surface area contributed by atoms with Crippen molar-refractivity contribution in [2.45, 2.75) is 6.92 Å². The van der Waals surface area contributed by atoms with Crippen LogP contribution in [0.5, 0.6) is 0 Å². The predicted octanol–water partition coefficient (Wildman–Crippen LogP) is 13.2. The van der Waals surface area contributed by atoms with Gasteiger partial charge in [0.1, 0.15) is 0 Å². The molecule has 0 fully saturated rings. The lowest BCUT2D eigenvalue weighted by Gasteiger charge is -2.19. The standard InChI is InChI=1S/C49H36N2/c1-2-16-46-49(50)44-31-35(28-30-45(44)51(46)37-21-10-5-11-22-37)38-29-27-36(32-43(38)33-17-6-3-7-18-33)48-41-25-14-12-23-39(41)47(34-19-8-4-9-20-34)40-24-13-15-26-42(40)48/h2-32H,50H2,1H3/b16-2-. The number of hydrogen-bond acceptors (Lipinski definition) is 1. The van der Waals surface area contributed by atoms with Crippen molar-refractivity contribution in [2.24, 2.45) is 0 Å². The average Bonchev–Trinajstić information content (AvgIpc) is 3.47. The molecule has 0 aliphatic carbocycles. The first-order valence-corrected chi connectivity index (χ1v) is 17.5. The Kier molecular flexibility index (Phi) is 7.56. The summed E-state index contributed by atoms with van der Waals surface area (Å²) in [7, 11) is 0. The zero-order valence-electron chi connectivity index (χ0n) is 28.4. The maximum Gasteiger partial charge on any atom is 0.0695 e. The molecule has 0 saturated heterocycles. The monoisotopic (exact) mass is 652 g/mol. The molecule has 0 atom stereocenters. The van der Waals surface area contributed by atoms with Crippen LogP contribution in [0, 0.1) is 0 Å². The van der Waals surface area contributed by atoms with Crippen molar-refractivity contribution >= 4 is 44.2 Å². The zero-order valence-corrected chi connectivity index (χ0v) is 28.4. The van der Waals surface area contributed by atoms with E-state index < -0.39 is 0 Å². The molecule has 2 heteroatoms. The normalized spacial score (nSPS) is 11.6. The van der Waals surface area contributed by atoms with Crippen LogP contribution in [0.4, 0.5) is 5.69 Å². The molecule has 0 aliphatic rings. The van der Waals surface area contributed by atoms with Crippen molar-refractivity contribution in [3.63, 3.8) is 0 Å². The van der Waals surface area contributed by atoms with Crippen LogP contribution >= 0.6 is 0 Å². The number of allylic oxidation sites excluding steroid dienone is 1. The second-order valence-corrected chi connectivity index (χ2v) is 13.0. The van der Waals surface area contributed by atoms with E-state index in [0.29, 0.717) is 0 Å². The number of anilines is 1. The van der Waals surface area contributed by atoms with Crippen molar-refractivity contribution < 1.29 is 0 Å². The third-order valence-electron chi connectivity index (χ3n) is 10.1. The molecule has 1 aromatic heterocycles. The Hall–Kier alpha value is -6.64. The van der Waals surface area contributed by atoms with E-state index in [4.69, 9.17) is 5.73 Å². The van der Waals surface area contributed by atoms with Crippen LogP contribution in [0.3, 0.4) is 0 Å². The minimum atomic E-state index is 0.781. The largest absolute Gasteiger partial charge is 0.396 e. The molecule has 0 aliphatic heterocycles. The van der Waals surface area contributed by atoms with Crippen LogP contribution in [0.15, 0.2) is 182 Å². The number of aromatic nitrogens is 1. The Bertz CT molecular complexity index is 2680. The third-order valence-corrected chi connectivity index (χ3v) is 10.1. The maximum atomic E-state index is 6.95. The SMILES string of the molecule is C/C=C\c1c(N)c2cc(-c3ccc(-c4c5ccccc5c(-c5ccccc5)c5ccccc45)cc3-c3ccccc3)ccc2n1-c1ccccc1. The molecule has 0 unspecified atom stereocenters. The van der Waals surface area contributed by atoms with Gasteiger partial charge in [-0.25, -0.2) is 0 Å². The molecule has 0 radical (unpaired) electrons. The number of nitrogen functional groups attached to an aromatic ring is 1. The van der Waals surface area contributed by atoms with E-state index in [9.17, 15) is 0 Å². The number of fused-ring (bicyclic) bond motifs is 3. The zero-order chi connectivity index (χ0) is 34.3. The van der Waals surface area contributed by atoms with E-state index in [1.807, 2.05) is 13.0 Å². The Morgan fingerprint density at radius 2 is 0.941 bits per heavy atom. The van der Waals surface area contributed by atoms with Crippen LogP contribution in [-0.2, 0) is 0 Å². The van der Waals surface area contributed by atoms with Gasteiger partial charge in [-0.1, -0.05) is 152 Å². The summed E-state index contributed by atoms with van der Waals surface area (Å²) in [5.41, 5.74) is 20.5. The number of hydrogen-bond donors (Lipinski definition) is 1. The highest BCUT2D eigenvalue weighted by molar-refractivity contribution is 6.21. The fourth-order valence-corrected chi connectivity index (χ4v) is 7.84. The van der Waals surface area contributed by atoms with Gasteiger partial charge in [-0.15, -0.1) is 0 Å². The highest BCUT2D eigenvalue weighted by Crippen LogP contribution is 2.46. The van der Waals surface area contributed by atoms with E-state index >= 15 is 0 Å². The minimum Gasteiger partial charge on any atom is -0.396 e. The molecule has 9 aromatic rings. The van der Waals surface area contributed by atoms with Gasteiger partial charge in [-0.3, -0.25) is 0 Å². The van der Waals surface area contributed by atoms with Crippen molar-refractivity contribution in [1.29, 1.82) is 0 Å². The van der Waals surface area contributed by atoms with Crippen molar-refractivity contribution in [3.8, 4) is 50.2 Å². The van der Waals surface area contributed by atoms with E-state index in [-0.39, 0.29) is 0 Å². The third kappa shape index (κ3) is 5.12. The lowest BCUT2D eigenvalue weighted by Crippen LogP contribution is -1.97. The number of para-hydroxylation sites is 1. The first kappa shape index (κ1) is 30.4. The lowest BCUT2D eigenvalue weighted by atomic mass is 9.84. The highest BCUT2D eigenvalue weighted by atomic mass is 15.0. The molecule has 8 aromatic carbocycles. The molecule has 51 heavy (non-hydrogen) atoms. The highest BCUT2D eigenvalue weighted by Gasteiger charge is 2.20. The average molecular weight is 653 g/mol. The molecule has 0 amide bonds. The van der Waals surface area contributed by atoms with Crippen LogP contribution < -0.4 is 5.73 Å². The summed E-state index contributed by atoms with van der Waals surface area (Å²) in [6.07, 6.45) is 4.15. The summed E-state index contributed by atoms with van der Waals surface area (Å²) in [5, 5.41) is 6.04. The van der Waals surface area contributed by atoms with Crippen molar-refractivity contribution in [3.05, 3.63) is 188 Å². The van der Waals surface area contributed by atoms with Crippen molar-refractivity contribution in [1.82, 2.24) is 4.57 Å². The van der Waals surface area contributed by atoms with E-state index in [1.165, 1.54) is 60.5 Å². The van der Waals surface area contributed by atoms with Crippen molar-refractivity contribution in [2.75, 3.05) is 5.73 Å². The minimum absolute atomic E-state index is 0.781. The summed E-state index contributed by atoms with van der Waals surface area (Å²) in [4.78, 5) is 0. The second kappa shape index (κ2) is 12.7. The number of rotatable bonds is 6. The molecular formula is C49H36N2. The maximum absolute atomic E-state index is 6.95. The molecule has 0 saturated carbocycles.